The molecule has 0 aliphatic rings. The molecule has 2 rings (SSSR count). The van der Waals surface area contributed by atoms with Crippen molar-refractivity contribution >= 4 is 28.6 Å². The molecule has 0 aliphatic heterocycles. The van der Waals surface area contributed by atoms with Crippen molar-refractivity contribution in [2.45, 2.75) is 32.2 Å². The molecule has 3 nitrogen and oxygen atoms in total. The maximum atomic E-state index is 12.2. The highest BCUT2D eigenvalue weighted by atomic mass is 32.2. The lowest BCUT2D eigenvalue weighted by atomic mass is 10.1. The number of H-pyrrole nitrogens is 1. The summed E-state index contributed by atoms with van der Waals surface area (Å²) >= 11 is 1.78. The fraction of sp³-hybridized carbons (Fsp3) is 0.471. The Labute approximate surface area is 131 Å². The van der Waals surface area contributed by atoms with Crippen molar-refractivity contribution < 1.29 is 4.79 Å². The number of aromatic nitrogens is 1. The number of amides is 1. The highest BCUT2D eigenvalue weighted by Gasteiger charge is 2.15. The molecule has 114 valence electrons. The number of aryl methyl sites for hydroxylation is 1. The minimum Gasteiger partial charge on any atom is -0.361 e. The monoisotopic (exact) mass is 304 g/mol. The van der Waals surface area contributed by atoms with Crippen LogP contribution in [0.4, 0.5) is 0 Å². The molecule has 0 saturated carbocycles. The van der Waals surface area contributed by atoms with Crippen molar-refractivity contribution in [2.24, 2.45) is 0 Å². The topological polar surface area (TPSA) is 36.1 Å². The van der Waals surface area contributed by atoms with Gasteiger partial charge in [-0.2, -0.15) is 11.8 Å². The van der Waals surface area contributed by atoms with Gasteiger partial charge in [-0.1, -0.05) is 18.2 Å². The summed E-state index contributed by atoms with van der Waals surface area (Å²) in [4.78, 5) is 17.3. The van der Waals surface area contributed by atoms with Crippen molar-refractivity contribution in [1.29, 1.82) is 0 Å². The number of benzene rings is 1. The van der Waals surface area contributed by atoms with Crippen LogP contribution in [0, 0.1) is 0 Å². The summed E-state index contributed by atoms with van der Waals surface area (Å²) in [6.45, 7) is 2.11. The van der Waals surface area contributed by atoms with Crippen molar-refractivity contribution in [1.82, 2.24) is 9.88 Å². The summed E-state index contributed by atoms with van der Waals surface area (Å²) in [5.74, 6) is 1.24. The van der Waals surface area contributed by atoms with Crippen LogP contribution in [0.3, 0.4) is 0 Å². The standard InChI is InChI=1S/C17H24N2OS/c1-13(12-21-3)19(2)17(20)10-6-7-14-11-18-16-9-5-4-8-15(14)16/h4-5,8-9,11,13,18H,6-7,10,12H2,1-3H3. The van der Waals surface area contributed by atoms with E-state index in [0.29, 0.717) is 12.5 Å². The van der Waals surface area contributed by atoms with Crippen LogP contribution in [0.25, 0.3) is 10.9 Å². The largest absolute Gasteiger partial charge is 0.361 e. The average Bonchev–Trinajstić information content (AvgIpc) is 2.90. The minimum absolute atomic E-state index is 0.247. The zero-order chi connectivity index (χ0) is 15.2. The van der Waals surface area contributed by atoms with E-state index in [1.165, 1.54) is 16.5 Å². The van der Waals surface area contributed by atoms with Gasteiger partial charge >= 0.3 is 0 Å². The van der Waals surface area contributed by atoms with Gasteiger partial charge in [0.2, 0.25) is 5.91 Å². The number of thioether (sulfide) groups is 1. The Morgan fingerprint density at radius 1 is 1.38 bits per heavy atom. The lowest BCUT2D eigenvalue weighted by Gasteiger charge is -2.24. The van der Waals surface area contributed by atoms with E-state index >= 15 is 0 Å². The molecule has 1 amide bonds. The molecule has 1 atom stereocenters. The second-order valence-electron chi connectivity index (χ2n) is 5.52. The summed E-state index contributed by atoms with van der Waals surface area (Å²) in [6.07, 6.45) is 6.60. The SMILES string of the molecule is CSCC(C)N(C)C(=O)CCCc1c[nH]c2ccccc12. The Bertz CT molecular complexity index is 593. The Hall–Kier alpha value is -1.42. The van der Waals surface area contributed by atoms with Gasteiger partial charge in [0.1, 0.15) is 0 Å². The van der Waals surface area contributed by atoms with Gasteiger partial charge in [-0.05, 0) is 37.7 Å². The summed E-state index contributed by atoms with van der Waals surface area (Å²) in [5.41, 5.74) is 2.47. The van der Waals surface area contributed by atoms with Crippen molar-refractivity contribution in [3.05, 3.63) is 36.0 Å². The number of fused-ring (bicyclic) bond motifs is 1. The van der Waals surface area contributed by atoms with Crippen LogP contribution < -0.4 is 0 Å². The molecule has 2 aromatic rings. The summed E-state index contributed by atoms with van der Waals surface area (Å²) < 4.78 is 0. The molecule has 0 fully saturated rings. The smallest absolute Gasteiger partial charge is 0.222 e. The highest BCUT2D eigenvalue weighted by Crippen LogP contribution is 2.19. The van der Waals surface area contributed by atoms with Crippen LogP contribution in [0.1, 0.15) is 25.3 Å². The molecule has 1 aromatic carbocycles. The number of hydrogen-bond donors (Lipinski definition) is 1. The fourth-order valence-corrected chi connectivity index (χ4v) is 3.25. The third-order valence-electron chi connectivity index (χ3n) is 3.97. The Morgan fingerprint density at radius 3 is 2.90 bits per heavy atom. The molecule has 0 bridgehead atoms. The second-order valence-corrected chi connectivity index (χ2v) is 6.43. The van der Waals surface area contributed by atoms with E-state index in [1.54, 1.807) is 11.8 Å². The van der Waals surface area contributed by atoms with E-state index in [4.69, 9.17) is 0 Å². The molecule has 1 N–H and O–H groups in total. The zero-order valence-corrected chi connectivity index (χ0v) is 13.9. The molecular formula is C17H24N2OS. The first kappa shape index (κ1) is 16.0. The number of carbonyl (C=O) groups excluding carboxylic acids is 1. The van der Waals surface area contributed by atoms with Crippen LogP contribution in [0.15, 0.2) is 30.5 Å². The third-order valence-corrected chi connectivity index (χ3v) is 4.79. The molecule has 0 spiro atoms. The van der Waals surface area contributed by atoms with Gasteiger partial charge < -0.3 is 9.88 Å². The third kappa shape index (κ3) is 4.03. The first-order valence-corrected chi connectivity index (χ1v) is 8.82. The predicted molar refractivity (Wildman–Crippen MR) is 91.9 cm³/mol. The van der Waals surface area contributed by atoms with Crippen LogP contribution in [-0.2, 0) is 11.2 Å². The molecule has 1 heterocycles. The van der Waals surface area contributed by atoms with E-state index in [1.807, 2.05) is 18.0 Å². The second kappa shape index (κ2) is 7.55. The molecule has 1 aromatic heterocycles. The zero-order valence-electron chi connectivity index (χ0n) is 13.1. The van der Waals surface area contributed by atoms with Crippen molar-refractivity contribution in [2.75, 3.05) is 19.1 Å². The number of nitrogens with zero attached hydrogens (tertiary/aromatic N) is 1. The lowest BCUT2D eigenvalue weighted by Crippen LogP contribution is -2.36. The van der Waals surface area contributed by atoms with Crippen LogP contribution in [-0.4, -0.2) is 40.9 Å². The van der Waals surface area contributed by atoms with Gasteiger partial charge in [-0.25, -0.2) is 0 Å². The molecule has 0 saturated heterocycles. The lowest BCUT2D eigenvalue weighted by molar-refractivity contribution is -0.131. The first-order chi connectivity index (χ1) is 10.1. The van der Waals surface area contributed by atoms with E-state index in [9.17, 15) is 4.79 Å². The number of nitrogens with one attached hydrogen (secondary N) is 1. The van der Waals surface area contributed by atoms with Gasteiger partial charge in [0.25, 0.3) is 0 Å². The van der Waals surface area contributed by atoms with Crippen LogP contribution >= 0.6 is 11.8 Å². The predicted octanol–water partition coefficient (Wildman–Crippen LogP) is 3.70. The van der Waals surface area contributed by atoms with Gasteiger partial charge in [0.15, 0.2) is 0 Å². The van der Waals surface area contributed by atoms with E-state index < -0.39 is 0 Å². The Kier molecular flexibility index (Phi) is 5.74. The van der Waals surface area contributed by atoms with Crippen molar-refractivity contribution in [3.8, 4) is 0 Å². The molecule has 0 radical (unpaired) electrons. The van der Waals surface area contributed by atoms with Gasteiger partial charge in [-0.15, -0.1) is 0 Å². The summed E-state index contributed by atoms with van der Waals surface area (Å²) in [7, 11) is 1.91. The first-order valence-electron chi connectivity index (χ1n) is 7.43. The van der Waals surface area contributed by atoms with Crippen molar-refractivity contribution in [3.63, 3.8) is 0 Å². The normalized spacial score (nSPS) is 12.5. The summed E-state index contributed by atoms with van der Waals surface area (Å²) in [5, 5.41) is 1.27. The minimum atomic E-state index is 0.247. The van der Waals surface area contributed by atoms with Gasteiger partial charge in [0.05, 0.1) is 0 Å². The number of rotatable bonds is 7. The number of hydrogen-bond acceptors (Lipinski definition) is 2. The average molecular weight is 304 g/mol. The van der Waals surface area contributed by atoms with E-state index in [2.05, 4.69) is 42.6 Å². The summed E-state index contributed by atoms with van der Waals surface area (Å²) in [6, 6.07) is 8.62. The number of para-hydroxylation sites is 1. The molecule has 1 unspecified atom stereocenters. The maximum Gasteiger partial charge on any atom is 0.222 e. The van der Waals surface area contributed by atoms with E-state index in [-0.39, 0.29) is 5.91 Å². The highest BCUT2D eigenvalue weighted by molar-refractivity contribution is 7.98. The molecule has 4 heteroatoms. The van der Waals surface area contributed by atoms with Gasteiger partial charge in [-0.3, -0.25) is 4.79 Å². The number of carbonyl (C=O) groups is 1. The Balaban J connectivity index is 1.85. The quantitative estimate of drug-likeness (QED) is 0.846. The van der Waals surface area contributed by atoms with Gasteiger partial charge in [0, 0.05) is 42.4 Å². The van der Waals surface area contributed by atoms with Crippen LogP contribution in [0.5, 0.6) is 0 Å². The number of aromatic amines is 1. The molecule has 0 aliphatic carbocycles. The Morgan fingerprint density at radius 2 is 2.14 bits per heavy atom. The fourth-order valence-electron chi connectivity index (χ4n) is 2.54. The maximum absolute atomic E-state index is 12.2. The molecule has 21 heavy (non-hydrogen) atoms. The molecular weight excluding hydrogens is 280 g/mol. The van der Waals surface area contributed by atoms with Crippen LogP contribution in [0.2, 0.25) is 0 Å². The van der Waals surface area contributed by atoms with E-state index in [0.717, 1.165) is 18.6 Å².